The second-order valence-corrected chi connectivity index (χ2v) is 5.40. The maximum absolute atomic E-state index is 6.23. The van der Waals surface area contributed by atoms with Crippen molar-refractivity contribution in [1.29, 1.82) is 0 Å². The Labute approximate surface area is 108 Å². The van der Waals surface area contributed by atoms with Gasteiger partial charge in [0, 0.05) is 38.8 Å². The van der Waals surface area contributed by atoms with Crippen LogP contribution in [-0.2, 0) is 0 Å². The highest BCUT2D eigenvalue weighted by Gasteiger charge is 2.25. The van der Waals surface area contributed by atoms with Crippen LogP contribution in [0.2, 0.25) is 0 Å². The molecule has 2 unspecified atom stereocenters. The average Bonchev–Trinajstić information content (AvgIpc) is 2.33. The van der Waals surface area contributed by atoms with Gasteiger partial charge in [0.25, 0.3) is 0 Å². The molecule has 94 valence electrons. The average molecular weight is 255 g/mol. The fourth-order valence-electron chi connectivity index (χ4n) is 2.06. The zero-order valence-corrected chi connectivity index (χ0v) is 11.4. The SMILES string of the molecule is CC1CN(c2ccnc(N(C)C)n2)CCC1Cl. The van der Waals surface area contributed by atoms with E-state index in [2.05, 4.69) is 21.8 Å². The third-order valence-corrected chi connectivity index (χ3v) is 3.80. The molecule has 5 heteroatoms. The molecule has 1 aliphatic heterocycles. The molecule has 1 aromatic heterocycles. The molecule has 2 rings (SSSR count). The van der Waals surface area contributed by atoms with Crippen molar-refractivity contribution < 1.29 is 0 Å². The van der Waals surface area contributed by atoms with Gasteiger partial charge < -0.3 is 9.80 Å². The van der Waals surface area contributed by atoms with E-state index >= 15 is 0 Å². The molecule has 2 heterocycles. The van der Waals surface area contributed by atoms with Crippen LogP contribution in [0.1, 0.15) is 13.3 Å². The standard InChI is InChI=1S/C12H19ClN4/c1-9-8-17(7-5-10(9)13)11-4-6-14-12(15-11)16(2)3/h4,6,9-10H,5,7-8H2,1-3H3. The Balaban J connectivity index is 2.14. The van der Waals surface area contributed by atoms with Crippen LogP contribution in [0.3, 0.4) is 0 Å². The predicted octanol–water partition coefficient (Wildman–Crippen LogP) is 2.00. The number of hydrogen-bond acceptors (Lipinski definition) is 4. The topological polar surface area (TPSA) is 32.3 Å². The van der Waals surface area contributed by atoms with Crippen LogP contribution in [0.25, 0.3) is 0 Å². The van der Waals surface area contributed by atoms with Gasteiger partial charge in [-0.3, -0.25) is 0 Å². The minimum Gasteiger partial charge on any atom is -0.356 e. The number of rotatable bonds is 2. The van der Waals surface area contributed by atoms with Crippen LogP contribution in [0.4, 0.5) is 11.8 Å². The largest absolute Gasteiger partial charge is 0.356 e. The summed E-state index contributed by atoms with van der Waals surface area (Å²) in [6, 6.07) is 1.97. The van der Waals surface area contributed by atoms with Crippen molar-refractivity contribution in [2.45, 2.75) is 18.7 Å². The molecule has 0 radical (unpaired) electrons. The smallest absolute Gasteiger partial charge is 0.226 e. The molecule has 1 fully saturated rings. The molecule has 2 atom stereocenters. The van der Waals surface area contributed by atoms with Crippen molar-refractivity contribution in [1.82, 2.24) is 9.97 Å². The lowest BCUT2D eigenvalue weighted by atomic mass is 10.00. The fraction of sp³-hybridized carbons (Fsp3) is 0.667. The number of anilines is 2. The lowest BCUT2D eigenvalue weighted by Crippen LogP contribution is -2.40. The highest BCUT2D eigenvalue weighted by molar-refractivity contribution is 6.20. The molecule has 0 saturated carbocycles. The number of halogens is 1. The van der Waals surface area contributed by atoms with Crippen molar-refractivity contribution in [2.75, 3.05) is 37.0 Å². The van der Waals surface area contributed by atoms with Crippen molar-refractivity contribution in [3.8, 4) is 0 Å². The summed E-state index contributed by atoms with van der Waals surface area (Å²) in [5, 5.41) is 0.293. The summed E-state index contributed by atoms with van der Waals surface area (Å²) >= 11 is 6.23. The van der Waals surface area contributed by atoms with Gasteiger partial charge in [-0.2, -0.15) is 4.98 Å². The van der Waals surface area contributed by atoms with E-state index in [0.29, 0.717) is 11.3 Å². The van der Waals surface area contributed by atoms with Crippen molar-refractivity contribution >= 4 is 23.4 Å². The molecule has 0 spiro atoms. The summed E-state index contributed by atoms with van der Waals surface area (Å²) in [6.07, 6.45) is 2.83. The number of nitrogens with zero attached hydrogens (tertiary/aromatic N) is 4. The van der Waals surface area contributed by atoms with Gasteiger partial charge in [0.1, 0.15) is 5.82 Å². The van der Waals surface area contributed by atoms with Crippen LogP contribution in [-0.4, -0.2) is 42.5 Å². The molecule has 1 aromatic rings. The van der Waals surface area contributed by atoms with E-state index in [-0.39, 0.29) is 0 Å². The van der Waals surface area contributed by atoms with E-state index in [4.69, 9.17) is 11.6 Å². The van der Waals surface area contributed by atoms with Gasteiger partial charge in [-0.1, -0.05) is 6.92 Å². The minimum absolute atomic E-state index is 0.293. The van der Waals surface area contributed by atoms with E-state index in [0.717, 1.165) is 31.3 Å². The third kappa shape index (κ3) is 2.80. The number of aromatic nitrogens is 2. The normalized spacial score (nSPS) is 24.8. The summed E-state index contributed by atoms with van der Waals surface area (Å²) in [6.45, 7) is 4.14. The van der Waals surface area contributed by atoms with Gasteiger partial charge >= 0.3 is 0 Å². The summed E-state index contributed by atoms with van der Waals surface area (Å²) in [4.78, 5) is 13.0. The van der Waals surface area contributed by atoms with Gasteiger partial charge in [0.05, 0.1) is 0 Å². The Kier molecular flexibility index (Phi) is 3.72. The summed E-state index contributed by atoms with van der Waals surface area (Å²) < 4.78 is 0. The van der Waals surface area contributed by atoms with E-state index in [1.165, 1.54) is 0 Å². The molecular formula is C12H19ClN4. The summed E-state index contributed by atoms with van der Waals surface area (Å²) in [5.41, 5.74) is 0. The lowest BCUT2D eigenvalue weighted by Gasteiger charge is -2.35. The van der Waals surface area contributed by atoms with Crippen LogP contribution in [0, 0.1) is 5.92 Å². The number of alkyl halides is 1. The molecule has 1 saturated heterocycles. The first-order valence-corrected chi connectivity index (χ1v) is 6.41. The van der Waals surface area contributed by atoms with E-state index in [1.54, 1.807) is 0 Å². The van der Waals surface area contributed by atoms with Gasteiger partial charge in [-0.05, 0) is 18.4 Å². The lowest BCUT2D eigenvalue weighted by molar-refractivity contribution is 0.452. The first kappa shape index (κ1) is 12.4. The van der Waals surface area contributed by atoms with Gasteiger partial charge in [-0.25, -0.2) is 4.98 Å². The number of hydrogen-bond donors (Lipinski definition) is 0. The highest BCUT2D eigenvalue weighted by atomic mass is 35.5. The quantitative estimate of drug-likeness (QED) is 0.756. The maximum Gasteiger partial charge on any atom is 0.226 e. The van der Waals surface area contributed by atoms with Crippen LogP contribution in [0.15, 0.2) is 12.3 Å². The maximum atomic E-state index is 6.23. The Morgan fingerprint density at radius 1 is 1.47 bits per heavy atom. The minimum atomic E-state index is 0.293. The zero-order chi connectivity index (χ0) is 12.4. The van der Waals surface area contributed by atoms with Crippen molar-refractivity contribution in [3.05, 3.63) is 12.3 Å². The second kappa shape index (κ2) is 5.08. The Morgan fingerprint density at radius 3 is 2.88 bits per heavy atom. The predicted molar refractivity (Wildman–Crippen MR) is 72.0 cm³/mol. The monoisotopic (exact) mass is 254 g/mol. The molecule has 1 aliphatic rings. The van der Waals surface area contributed by atoms with Crippen LogP contribution < -0.4 is 9.80 Å². The molecular weight excluding hydrogens is 236 g/mol. The molecule has 0 bridgehead atoms. The first-order valence-electron chi connectivity index (χ1n) is 5.97. The van der Waals surface area contributed by atoms with Gasteiger partial charge in [0.15, 0.2) is 0 Å². The van der Waals surface area contributed by atoms with E-state index in [1.807, 2.05) is 31.3 Å². The van der Waals surface area contributed by atoms with E-state index < -0.39 is 0 Å². The third-order valence-electron chi connectivity index (χ3n) is 3.15. The van der Waals surface area contributed by atoms with E-state index in [9.17, 15) is 0 Å². The fourth-order valence-corrected chi connectivity index (χ4v) is 2.23. The molecule has 4 nitrogen and oxygen atoms in total. The Bertz CT molecular complexity index is 383. The van der Waals surface area contributed by atoms with Gasteiger partial charge in [-0.15, -0.1) is 11.6 Å². The van der Waals surface area contributed by atoms with Crippen LogP contribution >= 0.6 is 11.6 Å². The van der Waals surface area contributed by atoms with Gasteiger partial charge in [0.2, 0.25) is 5.95 Å². The Morgan fingerprint density at radius 2 is 2.24 bits per heavy atom. The zero-order valence-electron chi connectivity index (χ0n) is 10.6. The van der Waals surface area contributed by atoms with Crippen molar-refractivity contribution in [2.24, 2.45) is 5.92 Å². The molecule has 0 amide bonds. The molecule has 0 aromatic carbocycles. The summed E-state index contributed by atoms with van der Waals surface area (Å²) in [5.74, 6) is 2.26. The summed E-state index contributed by atoms with van der Waals surface area (Å²) in [7, 11) is 3.90. The highest BCUT2D eigenvalue weighted by Crippen LogP contribution is 2.25. The molecule has 0 aliphatic carbocycles. The first-order chi connectivity index (χ1) is 8.08. The van der Waals surface area contributed by atoms with Crippen LogP contribution in [0.5, 0.6) is 0 Å². The number of piperidine rings is 1. The molecule has 17 heavy (non-hydrogen) atoms. The second-order valence-electron chi connectivity index (χ2n) is 4.84. The van der Waals surface area contributed by atoms with Crippen molar-refractivity contribution in [3.63, 3.8) is 0 Å². The Hall–Kier alpha value is -1.03. The molecule has 0 N–H and O–H groups in total.